The molecule has 148 valence electrons. The molecule has 29 heavy (non-hydrogen) atoms. The van der Waals surface area contributed by atoms with Crippen LogP contribution < -0.4 is 14.8 Å². The van der Waals surface area contributed by atoms with Crippen LogP contribution in [0.4, 0.5) is 5.69 Å². The second-order valence-electron chi connectivity index (χ2n) is 6.90. The SMILES string of the molecule is CCc1cccc(O[C@@H](C)C(=O)Nc2cc3oc4ccccc4c3cc2OC)c1. The highest BCUT2D eigenvalue weighted by Gasteiger charge is 2.19. The number of hydrogen-bond acceptors (Lipinski definition) is 4. The van der Waals surface area contributed by atoms with Crippen LogP contribution in [-0.4, -0.2) is 19.1 Å². The smallest absolute Gasteiger partial charge is 0.265 e. The molecule has 1 heterocycles. The molecule has 0 radical (unpaired) electrons. The molecule has 0 aliphatic heterocycles. The van der Waals surface area contributed by atoms with Gasteiger partial charge >= 0.3 is 0 Å². The van der Waals surface area contributed by atoms with Crippen LogP contribution in [0, 0.1) is 0 Å². The molecule has 3 aromatic carbocycles. The molecule has 4 aromatic rings. The average Bonchev–Trinajstić information content (AvgIpc) is 3.10. The molecule has 5 heteroatoms. The van der Waals surface area contributed by atoms with Crippen molar-refractivity contribution in [3.8, 4) is 11.5 Å². The number of carbonyl (C=O) groups excluding carboxylic acids is 1. The third kappa shape index (κ3) is 3.76. The van der Waals surface area contributed by atoms with Gasteiger partial charge in [-0.25, -0.2) is 0 Å². The number of amides is 1. The fraction of sp³-hybridized carbons (Fsp3) is 0.208. The normalized spacial score (nSPS) is 12.1. The van der Waals surface area contributed by atoms with Gasteiger partial charge in [0.2, 0.25) is 0 Å². The van der Waals surface area contributed by atoms with Gasteiger partial charge < -0.3 is 19.2 Å². The minimum absolute atomic E-state index is 0.263. The lowest BCUT2D eigenvalue weighted by atomic mass is 10.1. The average molecular weight is 389 g/mol. The van der Waals surface area contributed by atoms with Crippen molar-refractivity contribution >= 4 is 33.5 Å². The number of fused-ring (bicyclic) bond motifs is 3. The first-order valence-electron chi connectivity index (χ1n) is 9.64. The molecule has 0 saturated carbocycles. The van der Waals surface area contributed by atoms with Gasteiger partial charge in [-0.15, -0.1) is 0 Å². The van der Waals surface area contributed by atoms with Crippen LogP contribution in [0.2, 0.25) is 0 Å². The Kier molecular flexibility index (Phi) is 5.12. The van der Waals surface area contributed by atoms with Gasteiger partial charge in [-0.1, -0.05) is 37.3 Å². The highest BCUT2D eigenvalue weighted by Crippen LogP contribution is 2.36. The molecule has 5 nitrogen and oxygen atoms in total. The summed E-state index contributed by atoms with van der Waals surface area (Å²) >= 11 is 0. The summed E-state index contributed by atoms with van der Waals surface area (Å²) in [6, 6.07) is 19.2. The van der Waals surface area contributed by atoms with Crippen molar-refractivity contribution in [2.75, 3.05) is 12.4 Å². The molecule has 0 fully saturated rings. The Balaban J connectivity index is 1.58. The van der Waals surface area contributed by atoms with Gasteiger partial charge in [-0.05, 0) is 43.2 Å². The zero-order chi connectivity index (χ0) is 20.4. The van der Waals surface area contributed by atoms with E-state index in [0.717, 1.165) is 28.3 Å². The topological polar surface area (TPSA) is 60.7 Å². The van der Waals surface area contributed by atoms with E-state index in [1.807, 2.05) is 54.6 Å². The number of anilines is 1. The minimum atomic E-state index is -0.668. The number of ether oxygens (including phenoxy) is 2. The first-order valence-corrected chi connectivity index (χ1v) is 9.64. The van der Waals surface area contributed by atoms with Crippen LogP contribution >= 0.6 is 0 Å². The fourth-order valence-corrected chi connectivity index (χ4v) is 3.35. The molecular formula is C24H23NO4. The summed E-state index contributed by atoms with van der Waals surface area (Å²) < 4.78 is 17.2. The van der Waals surface area contributed by atoms with Gasteiger partial charge in [0.25, 0.3) is 5.91 Å². The van der Waals surface area contributed by atoms with Crippen LogP contribution in [0.3, 0.4) is 0 Å². The molecule has 1 aromatic heterocycles. The summed E-state index contributed by atoms with van der Waals surface area (Å²) in [6.07, 6.45) is 0.241. The van der Waals surface area contributed by atoms with Crippen molar-refractivity contribution in [3.05, 3.63) is 66.2 Å². The highest BCUT2D eigenvalue weighted by atomic mass is 16.5. The van der Waals surface area contributed by atoms with Crippen molar-refractivity contribution in [2.24, 2.45) is 0 Å². The van der Waals surface area contributed by atoms with Crippen molar-refractivity contribution < 1.29 is 18.7 Å². The summed E-state index contributed by atoms with van der Waals surface area (Å²) in [5.74, 6) is 0.977. The van der Waals surface area contributed by atoms with E-state index < -0.39 is 6.10 Å². The van der Waals surface area contributed by atoms with Crippen LogP contribution in [0.5, 0.6) is 11.5 Å². The summed E-state index contributed by atoms with van der Waals surface area (Å²) in [6.45, 7) is 3.80. The number of carbonyl (C=O) groups is 1. The summed E-state index contributed by atoms with van der Waals surface area (Å²) in [5, 5.41) is 4.84. The minimum Gasteiger partial charge on any atom is -0.495 e. The maximum Gasteiger partial charge on any atom is 0.265 e. The Hall–Kier alpha value is -3.47. The Morgan fingerprint density at radius 2 is 1.86 bits per heavy atom. The first-order chi connectivity index (χ1) is 14.1. The van der Waals surface area contributed by atoms with E-state index in [9.17, 15) is 4.79 Å². The molecule has 0 aliphatic carbocycles. The maximum absolute atomic E-state index is 12.7. The summed E-state index contributed by atoms with van der Waals surface area (Å²) in [7, 11) is 1.58. The number of nitrogens with one attached hydrogen (secondary N) is 1. The maximum atomic E-state index is 12.7. The number of benzene rings is 3. The molecule has 0 spiro atoms. The van der Waals surface area contributed by atoms with Gasteiger partial charge in [0.1, 0.15) is 22.7 Å². The highest BCUT2D eigenvalue weighted by molar-refractivity contribution is 6.08. The standard InChI is InChI=1S/C24H23NO4/c1-4-16-8-7-9-17(12-16)28-15(2)24(26)25-20-14-22-19(13-23(20)27-3)18-10-5-6-11-21(18)29-22/h5-15H,4H2,1-3H3,(H,25,26)/t15-/m0/s1. The zero-order valence-corrected chi connectivity index (χ0v) is 16.7. The van der Waals surface area contributed by atoms with Gasteiger partial charge in [0, 0.05) is 16.8 Å². The van der Waals surface area contributed by atoms with Crippen LogP contribution in [0.1, 0.15) is 19.4 Å². The number of methoxy groups -OCH3 is 1. The van der Waals surface area contributed by atoms with E-state index in [4.69, 9.17) is 13.9 Å². The Labute approximate surface area is 169 Å². The molecule has 0 saturated heterocycles. The molecule has 0 unspecified atom stereocenters. The van der Waals surface area contributed by atoms with E-state index in [1.54, 1.807) is 20.1 Å². The second kappa shape index (κ2) is 7.87. The van der Waals surface area contributed by atoms with E-state index in [2.05, 4.69) is 12.2 Å². The Bertz CT molecular complexity index is 1180. The number of para-hydroxylation sites is 1. The molecule has 1 N–H and O–H groups in total. The zero-order valence-electron chi connectivity index (χ0n) is 16.7. The van der Waals surface area contributed by atoms with Gasteiger partial charge in [0.15, 0.2) is 6.10 Å². The third-order valence-electron chi connectivity index (χ3n) is 4.95. The largest absolute Gasteiger partial charge is 0.495 e. The lowest BCUT2D eigenvalue weighted by Gasteiger charge is -2.16. The van der Waals surface area contributed by atoms with Crippen molar-refractivity contribution in [1.82, 2.24) is 0 Å². The Morgan fingerprint density at radius 3 is 2.66 bits per heavy atom. The number of aryl methyl sites for hydroxylation is 1. The van der Waals surface area contributed by atoms with Crippen LogP contribution in [0.15, 0.2) is 65.1 Å². The van der Waals surface area contributed by atoms with E-state index >= 15 is 0 Å². The van der Waals surface area contributed by atoms with Gasteiger partial charge in [0.05, 0.1) is 12.8 Å². The van der Waals surface area contributed by atoms with Gasteiger partial charge in [-0.3, -0.25) is 4.79 Å². The lowest BCUT2D eigenvalue weighted by Crippen LogP contribution is -2.30. The second-order valence-corrected chi connectivity index (χ2v) is 6.90. The summed E-state index contributed by atoms with van der Waals surface area (Å²) in [5.41, 5.74) is 3.18. The predicted octanol–water partition coefficient (Wildman–Crippen LogP) is 5.56. The van der Waals surface area contributed by atoms with E-state index in [0.29, 0.717) is 22.8 Å². The lowest BCUT2D eigenvalue weighted by molar-refractivity contribution is -0.122. The molecule has 0 bridgehead atoms. The number of hydrogen-bond donors (Lipinski definition) is 1. The Morgan fingerprint density at radius 1 is 1.03 bits per heavy atom. The van der Waals surface area contributed by atoms with E-state index in [-0.39, 0.29) is 5.91 Å². The summed E-state index contributed by atoms with van der Waals surface area (Å²) in [4.78, 5) is 12.7. The van der Waals surface area contributed by atoms with Gasteiger partial charge in [-0.2, -0.15) is 0 Å². The molecule has 1 amide bonds. The van der Waals surface area contributed by atoms with E-state index in [1.165, 1.54) is 0 Å². The molecule has 1 atom stereocenters. The number of furan rings is 1. The third-order valence-corrected chi connectivity index (χ3v) is 4.95. The first kappa shape index (κ1) is 18.9. The molecule has 4 rings (SSSR count). The molecular weight excluding hydrogens is 366 g/mol. The number of rotatable bonds is 6. The predicted molar refractivity (Wildman–Crippen MR) is 115 cm³/mol. The van der Waals surface area contributed by atoms with Crippen molar-refractivity contribution in [1.29, 1.82) is 0 Å². The van der Waals surface area contributed by atoms with Crippen LogP contribution in [-0.2, 0) is 11.2 Å². The monoisotopic (exact) mass is 389 g/mol. The van der Waals surface area contributed by atoms with Crippen LogP contribution in [0.25, 0.3) is 21.9 Å². The fourth-order valence-electron chi connectivity index (χ4n) is 3.35. The quantitative estimate of drug-likeness (QED) is 0.469. The molecule has 0 aliphatic rings. The van der Waals surface area contributed by atoms with Crippen molar-refractivity contribution in [2.45, 2.75) is 26.4 Å². The van der Waals surface area contributed by atoms with Crippen molar-refractivity contribution in [3.63, 3.8) is 0 Å².